The molecule has 1 aromatic carbocycles. The lowest BCUT2D eigenvalue weighted by Crippen LogP contribution is -2.45. The number of nitrogens with zero attached hydrogens (tertiary/aromatic N) is 1. The van der Waals surface area contributed by atoms with Gasteiger partial charge in [-0.05, 0) is 43.5 Å². The Morgan fingerprint density at radius 2 is 2.21 bits per heavy atom. The van der Waals surface area contributed by atoms with Crippen LogP contribution in [0.15, 0.2) is 24.3 Å². The topological polar surface area (TPSA) is 78.9 Å². The van der Waals surface area contributed by atoms with Gasteiger partial charge in [-0.25, -0.2) is 0 Å². The first-order valence-electron chi connectivity index (χ1n) is 8.44. The highest BCUT2D eigenvalue weighted by molar-refractivity contribution is 5.78. The second-order valence-electron chi connectivity index (χ2n) is 6.18. The first-order valence-corrected chi connectivity index (χ1v) is 8.44. The summed E-state index contributed by atoms with van der Waals surface area (Å²) >= 11 is 0. The average Bonchev–Trinajstić information content (AvgIpc) is 2.59. The van der Waals surface area contributed by atoms with E-state index in [0.29, 0.717) is 19.5 Å². The summed E-state index contributed by atoms with van der Waals surface area (Å²) in [6.45, 7) is 1.65. The second-order valence-corrected chi connectivity index (χ2v) is 6.18. The van der Waals surface area contributed by atoms with Crippen molar-refractivity contribution in [2.45, 2.75) is 44.7 Å². The van der Waals surface area contributed by atoms with Crippen molar-refractivity contribution in [3.63, 3.8) is 0 Å². The Kier molecular flexibility index (Phi) is 7.06. The number of hydrogen-bond donors (Lipinski definition) is 2. The molecule has 1 aliphatic heterocycles. The number of carbonyl (C=O) groups is 2. The van der Waals surface area contributed by atoms with Crippen LogP contribution in [-0.4, -0.2) is 48.1 Å². The summed E-state index contributed by atoms with van der Waals surface area (Å²) < 4.78 is 5.17. The quantitative estimate of drug-likeness (QED) is 0.760. The zero-order chi connectivity index (χ0) is 17.4. The van der Waals surface area contributed by atoms with Crippen LogP contribution in [-0.2, 0) is 16.1 Å². The van der Waals surface area contributed by atoms with E-state index in [4.69, 9.17) is 9.84 Å². The molecule has 0 bridgehead atoms. The van der Waals surface area contributed by atoms with E-state index in [1.165, 1.54) is 0 Å². The number of methoxy groups -OCH3 is 1. The van der Waals surface area contributed by atoms with Gasteiger partial charge in [-0.1, -0.05) is 18.6 Å². The Hall–Kier alpha value is -2.08. The van der Waals surface area contributed by atoms with Crippen molar-refractivity contribution < 1.29 is 19.4 Å². The third-order valence-corrected chi connectivity index (χ3v) is 4.41. The molecule has 0 aliphatic carbocycles. The summed E-state index contributed by atoms with van der Waals surface area (Å²) in [5.41, 5.74) is 0.990. The van der Waals surface area contributed by atoms with Gasteiger partial charge in [0, 0.05) is 19.0 Å². The van der Waals surface area contributed by atoms with Crippen molar-refractivity contribution in [1.82, 2.24) is 10.2 Å². The number of piperidine rings is 1. The molecule has 2 rings (SSSR count). The van der Waals surface area contributed by atoms with E-state index in [2.05, 4.69) is 10.2 Å². The molecule has 0 aromatic heterocycles. The number of amides is 1. The van der Waals surface area contributed by atoms with Crippen LogP contribution >= 0.6 is 0 Å². The van der Waals surface area contributed by atoms with E-state index in [-0.39, 0.29) is 18.4 Å². The number of hydrogen-bond acceptors (Lipinski definition) is 4. The van der Waals surface area contributed by atoms with Gasteiger partial charge in [0.15, 0.2) is 0 Å². The molecular formula is C18H26N2O4. The fourth-order valence-electron chi connectivity index (χ4n) is 3.11. The summed E-state index contributed by atoms with van der Waals surface area (Å²) in [6, 6.07) is 7.80. The molecule has 0 spiro atoms. The summed E-state index contributed by atoms with van der Waals surface area (Å²) in [5, 5.41) is 11.8. The van der Waals surface area contributed by atoms with Crippen LogP contribution in [0.2, 0.25) is 0 Å². The van der Waals surface area contributed by atoms with E-state index in [0.717, 1.165) is 37.1 Å². The number of ether oxygens (including phenoxy) is 1. The average molecular weight is 334 g/mol. The van der Waals surface area contributed by atoms with Gasteiger partial charge in [-0.2, -0.15) is 0 Å². The van der Waals surface area contributed by atoms with Crippen LogP contribution in [0, 0.1) is 0 Å². The first-order chi connectivity index (χ1) is 11.6. The molecule has 1 unspecified atom stereocenters. The van der Waals surface area contributed by atoms with Crippen molar-refractivity contribution in [3.8, 4) is 5.75 Å². The molecule has 1 heterocycles. The highest BCUT2D eigenvalue weighted by Gasteiger charge is 2.24. The van der Waals surface area contributed by atoms with Crippen LogP contribution in [0.5, 0.6) is 5.75 Å². The van der Waals surface area contributed by atoms with Gasteiger partial charge in [0.05, 0.1) is 13.7 Å². The third kappa shape index (κ3) is 5.85. The highest BCUT2D eigenvalue weighted by atomic mass is 16.5. The number of carboxylic acids is 1. The number of carbonyl (C=O) groups excluding carboxylic acids is 1. The smallest absolute Gasteiger partial charge is 0.303 e. The molecule has 0 saturated carbocycles. The molecular weight excluding hydrogens is 308 g/mol. The number of nitrogens with one attached hydrogen (secondary N) is 1. The Labute approximate surface area is 142 Å². The van der Waals surface area contributed by atoms with Gasteiger partial charge in [0.25, 0.3) is 0 Å². The zero-order valence-corrected chi connectivity index (χ0v) is 14.2. The Bertz CT molecular complexity index is 562. The van der Waals surface area contributed by atoms with Crippen LogP contribution < -0.4 is 10.1 Å². The Morgan fingerprint density at radius 1 is 1.38 bits per heavy atom. The third-order valence-electron chi connectivity index (χ3n) is 4.41. The SMILES string of the molecule is COc1cccc(CNC(=O)CN2CCCCC2CCC(=O)O)c1. The molecule has 6 heteroatoms. The van der Waals surface area contributed by atoms with Crippen molar-refractivity contribution in [3.05, 3.63) is 29.8 Å². The largest absolute Gasteiger partial charge is 0.497 e. The van der Waals surface area contributed by atoms with Gasteiger partial charge in [-0.3, -0.25) is 14.5 Å². The molecule has 1 saturated heterocycles. The van der Waals surface area contributed by atoms with Gasteiger partial charge >= 0.3 is 5.97 Å². The van der Waals surface area contributed by atoms with Crippen LogP contribution in [0.1, 0.15) is 37.7 Å². The summed E-state index contributed by atoms with van der Waals surface area (Å²) in [7, 11) is 1.62. The second kappa shape index (κ2) is 9.27. The maximum Gasteiger partial charge on any atom is 0.303 e. The van der Waals surface area contributed by atoms with Crippen molar-refractivity contribution >= 4 is 11.9 Å². The van der Waals surface area contributed by atoms with E-state index < -0.39 is 5.97 Å². The fourth-order valence-corrected chi connectivity index (χ4v) is 3.11. The molecule has 6 nitrogen and oxygen atoms in total. The maximum atomic E-state index is 12.2. The minimum atomic E-state index is -0.775. The number of carboxylic acid groups (broad SMARTS) is 1. The number of aliphatic carboxylic acids is 1. The molecule has 1 atom stereocenters. The zero-order valence-electron chi connectivity index (χ0n) is 14.2. The minimum Gasteiger partial charge on any atom is -0.497 e. The standard InChI is InChI=1S/C18H26N2O4/c1-24-16-7-4-5-14(11-16)12-19-17(21)13-20-10-3-2-6-15(20)8-9-18(22)23/h4-5,7,11,15H,2-3,6,8-10,12-13H2,1H3,(H,19,21)(H,22,23). The van der Waals surface area contributed by atoms with E-state index in [1.54, 1.807) is 7.11 Å². The number of rotatable bonds is 8. The molecule has 0 radical (unpaired) electrons. The molecule has 1 fully saturated rings. The van der Waals surface area contributed by atoms with Crippen LogP contribution in [0.25, 0.3) is 0 Å². The number of likely N-dealkylation sites (tertiary alicyclic amines) is 1. The lowest BCUT2D eigenvalue weighted by atomic mass is 9.98. The van der Waals surface area contributed by atoms with E-state index in [9.17, 15) is 9.59 Å². The number of benzene rings is 1. The molecule has 24 heavy (non-hydrogen) atoms. The molecule has 2 N–H and O–H groups in total. The molecule has 1 amide bonds. The summed E-state index contributed by atoms with van der Waals surface area (Å²) in [6.07, 6.45) is 3.90. The maximum absolute atomic E-state index is 12.2. The van der Waals surface area contributed by atoms with Gasteiger partial charge < -0.3 is 15.2 Å². The molecule has 132 valence electrons. The van der Waals surface area contributed by atoms with Crippen LogP contribution in [0.4, 0.5) is 0 Å². The van der Waals surface area contributed by atoms with Gasteiger partial charge in [0.2, 0.25) is 5.91 Å². The predicted octanol–water partition coefficient (Wildman–Crippen LogP) is 2.03. The van der Waals surface area contributed by atoms with Crippen LogP contribution in [0.3, 0.4) is 0 Å². The lowest BCUT2D eigenvalue weighted by molar-refractivity contribution is -0.137. The monoisotopic (exact) mass is 334 g/mol. The Balaban J connectivity index is 1.81. The van der Waals surface area contributed by atoms with E-state index in [1.807, 2.05) is 24.3 Å². The summed E-state index contributed by atoms with van der Waals surface area (Å²) in [5.74, 6) is -0.0328. The van der Waals surface area contributed by atoms with E-state index >= 15 is 0 Å². The molecule has 1 aliphatic rings. The predicted molar refractivity (Wildman–Crippen MR) is 90.9 cm³/mol. The first kappa shape index (κ1) is 18.3. The Morgan fingerprint density at radius 3 is 2.96 bits per heavy atom. The normalized spacial score (nSPS) is 18.1. The van der Waals surface area contributed by atoms with Crippen molar-refractivity contribution in [1.29, 1.82) is 0 Å². The van der Waals surface area contributed by atoms with Gasteiger partial charge in [0.1, 0.15) is 5.75 Å². The van der Waals surface area contributed by atoms with Gasteiger partial charge in [-0.15, -0.1) is 0 Å². The lowest BCUT2D eigenvalue weighted by Gasteiger charge is -2.35. The fraction of sp³-hybridized carbons (Fsp3) is 0.556. The summed E-state index contributed by atoms with van der Waals surface area (Å²) in [4.78, 5) is 25.1. The van der Waals surface area contributed by atoms with Crippen molar-refractivity contribution in [2.75, 3.05) is 20.2 Å². The minimum absolute atomic E-state index is 0.0277. The van der Waals surface area contributed by atoms with Crippen molar-refractivity contribution in [2.24, 2.45) is 0 Å². The highest BCUT2D eigenvalue weighted by Crippen LogP contribution is 2.20. The molecule has 1 aromatic rings.